The van der Waals surface area contributed by atoms with Crippen molar-refractivity contribution in [1.29, 1.82) is 0 Å². The highest BCUT2D eigenvalue weighted by Crippen LogP contribution is 2.42. The second-order valence-corrected chi connectivity index (χ2v) is 11.8. The highest BCUT2D eigenvalue weighted by atomic mass is 35.5. The summed E-state index contributed by atoms with van der Waals surface area (Å²) < 4.78 is 18.7. The van der Waals surface area contributed by atoms with Gasteiger partial charge in [0.25, 0.3) is 0 Å². The summed E-state index contributed by atoms with van der Waals surface area (Å²) in [5, 5.41) is 2.54. The number of ketones is 1. The first-order chi connectivity index (χ1) is 18.0. The molecule has 37 heavy (non-hydrogen) atoms. The molecule has 2 aliphatic heterocycles. The van der Waals surface area contributed by atoms with Gasteiger partial charge in [-0.3, -0.25) is 4.79 Å². The number of likely N-dealkylation sites (tertiary alicyclic amines) is 1. The van der Waals surface area contributed by atoms with Crippen molar-refractivity contribution < 1.29 is 23.8 Å². The zero-order valence-electron chi connectivity index (χ0n) is 20.1. The maximum absolute atomic E-state index is 12.6. The molecule has 1 aromatic carbocycles. The summed E-state index contributed by atoms with van der Waals surface area (Å²) in [6.07, 6.45) is 5.11. The number of halogens is 1. The number of carbonyl (C=O) groups is 2. The average molecular weight is 540 g/mol. The lowest BCUT2D eigenvalue weighted by Crippen LogP contribution is -2.58. The number of thiophene rings is 1. The van der Waals surface area contributed by atoms with Crippen LogP contribution in [0.4, 0.5) is 4.79 Å². The summed E-state index contributed by atoms with van der Waals surface area (Å²) in [4.78, 5) is 35.8. The molecule has 2 saturated heterocycles. The van der Waals surface area contributed by atoms with E-state index in [1.165, 1.54) is 17.7 Å². The Morgan fingerprint density at radius 2 is 1.84 bits per heavy atom. The van der Waals surface area contributed by atoms with Crippen molar-refractivity contribution in [3.8, 4) is 17.0 Å². The zero-order chi connectivity index (χ0) is 25.1. The van der Waals surface area contributed by atoms with Crippen LogP contribution in [0.5, 0.6) is 5.88 Å². The highest BCUT2D eigenvalue weighted by molar-refractivity contribution is 7.18. The van der Waals surface area contributed by atoms with E-state index in [1.807, 2.05) is 17.5 Å². The fourth-order valence-electron chi connectivity index (χ4n) is 5.35. The molecule has 10 heteroatoms. The van der Waals surface area contributed by atoms with Gasteiger partial charge < -0.3 is 19.1 Å². The van der Waals surface area contributed by atoms with Crippen molar-refractivity contribution >= 4 is 45.0 Å². The normalized spacial score (nSPS) is 25.2. The predicted octanol–water partition coefficient (Wildman–Crippen LogP) is 5.23. The van der Waals surface area contributed by atoms with Gasteiger partial charge in [-0.2, -0.15) is 0 Å². The number of piperidine rings is 1. The molecular weight excluding hydrogens is 514 g/mol. The van der Waals surface area contributed by atoms with E-state index in [1.54, 1.807) is 11.0 Å². The lowest BCUT2D eigenvalue weighted by Gasteiger charge is -2.45. The third-order valence-electron chi connectivity index (χ3n) is 7.61. The van der Waals surface area contributed by atoms with Crippen molar-refractivity contribution in [2.45, 2.75) is 37.9 Å². The number of hydrogen-bond acceptors (Lipinski definition) is 8. The molecule has 2 unspecified atom stereocenters. The van der Waals surface area contributed by atoms with Crippen molar-refractivity contribution in [2.75, 3.05) is 26.3 Å². The van der Waals surface area contributed by atoms with E-state index in [-0.39, 0.29) is 41.8 Å². The lowest BCUT2D eigenvalue weighted by molar-refractivity contribution is -0.109. The van der Waals surface area contributed by atoms with E-state index in [4.69, 9.17) is 25.8 Å². The first kappa shape index (κ1) is 23.4. The molecule has 0 N–H and O–H groups in total. The van der Waals surface area contributed by atoms with Gasteiger partial charge in [0.05, 0.1) is 18.7 Å². The van der Waals surface area contributed by atoms with E-state index in [0.717, 1.165) is 47.0 Å². The number of benzene rings is 1. The quantitative estimate of drug-likeness (QED) is 0.396. The fourth-order valence-corrected chi connectivity index (χ4v) is 6.58. The van der Waals surface area contributed by atoms with Gasteiger partial charge in [0.2, 0.25) is 5.88 Å². The average Bonchev–Trinajstić information content (AvgIpc) is 3.82. The maximum atomic E-state index is 12.6. The Kier molecular flexibility index (Phi) is 5.82. The summed E-state index contributed by atoms with van der Waals surface area (Å²) in [5.41, 5.74) is 3.15. The number of amides is 1. The summed E-state index contributed by atoms with van der Waals surface area (Å²) >= 11 is 8.16. The molecule has 4 fully saturated rings. The van der Waals surface area contributed by atoms with Crippen LogP contribution in [-0.4, -0.2) is 65.3 Å². The zero-order valence-corrected chi connectivity index (χ0v) is 21.7. The number of hydrogen-bond donors (Lipinski definition) is 0. The number of aromatic nitrogens is 2. The number of nitrogens with zero attached hydrogens (tertiary/aromatic N) is 3. The number of Topliss-reactive ketones (excluding diaryl/α,β-unsaturated/α-hetero) is 1. The van der Waals surface area contributed by atoms with Crippen LogP contribution < -0.4 is 4.74 Å². The minimum absolute atomic E-state index is 0.0368. The first-order valence-corrected chi connectivity index (χ1v) is 14.1. The molecule has 4 aliphatic rings. The molecule has 1 amide bonds. The van der Waals surface area contributed by atoms with Crippen molar-refractivity contribution in [1.82, 2.24) is 14.9 Å². The van der Waals surface area contributed by atoms with Gasteiger partial charge in [-0.25, -0.2) is 14.8 Å². The molecule has 4 heterocycles. The topological polar surface area (TPSA) is 90.9 Å². The maximum Gasteiger partial charge on any atom is 0.410 e. The van der Waals surface area contributed by atoms with Crippen LogP contribution in [0.2, 0.25) is 5.02 Å². The number of fused-ring (bicyclic) bond motifs is 3. The summed E-state index contributed by atoms with van der Waals surface area (Å²) in [5.74, 6) is 0.929. The number of rotatable bonds is 6. The Morgan fingerprint density at radius 3 is 2.54 bits per heavy atom. The van der Waals surface area contributed by atoms with Crippen molar-refractivity contribution in [2.24, 2.45) is 17.8 Å². The molecule has 2 bridgehead atoms. The second-order valence-electron chi connectivity index (χ2n) is 10.5. The Balaban J connectivity index is 1.13. The lowest BCUT2D eigenvalue weighted by atomic mass is 9.84. The Labute approximate surface area is 222 Å². The van der Waals surface area contributed by atoms with Crippen LogP contribution >= 0.6 is 22.9 Å². The third-order valence-corrected chi connectivity index (χ3v) is 8.88. The minimum Gasteiger partial charge on any atom is -0.472 e. The van der Waals surface area contributed by atoms with Crippen LogP contribution in [0, 0.1) is 17.8 Å². The molecule has 8 nitrogen and oxygen atoms in total. The SMILES string of the molecule is O=C(c1ccc(-c2csc3c(OC4C5COCC4CN(C(=O)OC4CC4)C5)ncnc23)c(Cl)c1)C1CC1. The van der Waals surface area contributed by atoms with Gasteiger partial charge in [-0.05, 0) is 31.7 Å². The van der Waals surface area contributed by atoms with Gasteiger partial charge in [0, 0.05) is 57.9 Å². The van der Waals surface area contributed by atoms with E-state index < -0.39 is 0 Å². The van der Waals surface area contributed by atoms with Crippen LogP contribution in [0.25, 0.3) is 21.3 Å². The van der Waals surface area contributed by atoms with Gasteiger partial charge in [-0.15, -0.1) is 11.3 Å². The molecule has 7 rings (SSSR count). The molecule has 0 spiro atoms. The second kappa shape index (κ2) is 9.22. The highest BCUT2D eigenvalue weighted by Gasteiger charge is 2.45. The third kappa shape index (κ3) is 4.47. The van der Waals surface area contributed by atoms with Crippen LogP contribution in [0.1, 0.15) is 36.0 Å². The molecule has 2 atom stereocenters. The van der Waals surface area contributed by atoms with Gasteiger partial charge in [0.15, 0.2) is 5.78 Å². The smallest absolute Gasteiger partial charge is 0.410 e. The summed E-state index contributed by atoms with van der Waals surface area (Å²) in [7, 11) is 0. The Bertz CT molecular complexity index is 1370. The fraction of sp³-hybridized carbons (Fsp3) is 0.481. The standard InChI is InChI=1S/C27H26ClN3O5S/c28-21-7-15(23(32)14-1-2-14)3-6-19(21)20-12-37-25-22(20)29-13-30-26(25)36-24-16-8-31(9-17(24)11-34-10-16)27(33)35-18-4-5-18/h3,6-7,12-14,16-18,24H,1-2,4-5,8-11H2. The Hall–Kier alpha value is -2.75. The van der Waals surface area contributed by atoms with Crippen molar-refractivity contribution in [3.63, 3.8) is 0 Å². The molecule has 0 radical (unpaired) electrons. The molecular formula is C27H26ClN3O5S. The molecule has 2 aliphatic carbocycles. The van der Waals surface area contributed by atoms with Crippen LogP contribution in [0.15, 0.2) is 29.9 Å². The minimum atomic E-state index is -0.230. The van der Waals surface area contributed by atoms with E-state index in [9.17, 15) is 9.59 Å². The van der Waals surface area contributed by atoms with Crippen LogP contribution in [0.3, 0.4) is 0 Å². The monoisotopic (exact) mass is 539 g/mol. The van der Waals surface area contributed by atoms with Crippen molar-refractivity contribution in [3.05, 3.63) is 40.5 Å². The van der Waals surface area contributed by atoms with Gasteiger partial charge in [-0.1, -0.05) is 23.7 Å². The molecule has 2 aromatic heterocycles. The van der Waals surface area contributed by atoms with E-state index in [0.29, 0.717) is 42.8 Å². The number of ether oxygens (including phenoxy) is 3. The largest absolute Gasteiger partial charge is 0.472 e. The van der Waals surface area contributed by atoms with E-state index >= 15 is 0 Å². The predicted molar refractivity (Wildman–Crippen MR) is 138 cm³/mol. The summed E-state index contributed by atoms with van der Waals surface area (Å²) in [6.45, 7) is 2.13. The number of carbonyl (C=O) groups excluding carboxylic acids is 2. The molecule has 192 valence electrons. The van der Waals surface area contributed by atoms with Gasteiger partial charge in [0.1, 0.15) is 23.2 Å². The van der Waals surface area contributed by atoms with E-state index in [2.05, 4.69) is 9.97 Å². The first-order valence-electron chi connectivity index (χ1n) is 12.8. The molecule has 2 saturated carbocycles. The van der Waals surface area contributed by atoms with Crippen LogP contribution in [-0.2, 0) is 9.47 Å². The Morgan fingerprint density at radius 1 is 1.05 bits per heavy atom. The van der Waals surface area contributed by atoms with Gasteiger partial charge >= 0.3 is 6.09 Å². The molecule has 3 aromatic rings. The summed E-state index contributed by atoms with van der Waals surface area (Å²) in [6, 6.07) is 5.52.